The van der Waals surface area contributed by atoms with Crippen molar-refractivity contribution >= 4 is 40.4 Å². The quantitative estimate of drug-likeness (QED) is 0.176. The van der Waals surface area contributed by atoms with Gasteiger partial charge in [0.1, 0.15) is 24.5 Å². The van der Waals surface area contributed by atoms with Crippen molar-refractivity contribution in [3.8, 4) is 0 Å². The maximum absolute atomic E-state index is 11.9. The zero-order chi connectivity index (χ0) is 24.6. The monoisotopic (exact) mass is 531 g/mol. The number of phosphoric acid groups is 3. The average molecular weight is 531 g/mol. The topological polar surface area (TPSA) is 259 Å². The summed E-state index contributed by atoms with van der Waals surface area (Å²) < 4.78 is 53.0. The molecule has 1 saturated heterocycles. The lowest BCUT2D eigenvalue weighted by molar-refractivity contribution is -0.0430. The highest BCUT2D eigenvalue weighted by Crippen LogP contribution is 2.66. The molecule has 0 saturated carbocycles. The summed E-state index contributed by atoms with van der Waals surface area (Å²) in [5.74, 6) is 0.560. The van der Waals surface area contributed by atoms with Crippen LogP contribution in [0.25, 0.3) is 11.2 Å². The Morgan fingerprint density at radius 2 is 1.91 bits per heavy atom. The number of anilines is 1. The fraction of sp³-hybridized carbons (Fsp3) is 0.462. The SMILES string of the molecule is C=CCc1nc2c(N)ncnc2n1[C@H]1C[C@H](O)[C@@H](COP(=O)(O)OP(=O)(O)OP(=O)(O)O)O1. The molecule has 20 heteroatoms. The Kier molecular flexibility index (Phi) is 7.56. The molecule has 3 rings (SSSR count). The minimum atomic E-state index is -5.66. The molecule has 2 aromatic rings. The van der Waals surface area contributed by atoms with Gasteiger partial charge in [0.15, 0.2) is 17.0 Å². The average Bonchev–Trinajstić information content (AvgIpc) is 3.18. The smallest absolute Gasteiger partial charge is 0.390 e. The zero-order valence-electron chi connectivity index (χ0n) is 16.5. The van der Waals surface area contributed by atoms with Crippen LogP contribution in [0.4, 0.5) is 5.82 Å². The number of hydrogen-bond acceptors (Lipinski definition) is 12. The van der Waals surface area contributed by atoms with E-state index in [1.54, 1.807) is 10.6 Å². The maximum atomic E-state index is 11.9. The Hall–Kier alpha value is -1.58. The Bertz CT molecular complexity index is 1180. The van der Waals surface area contributed by atoms with Gasteiger partial charge < -0.3 is 35.2 Å². The summed E-state index contributed by atoms with van der Waals surface area (Å²) in [4.78, 5) is 48.2. The second kappa shape index (κ2) is 9.58. The fourth-order valence-electron chi connectivity index (χ4n) is 3.04. The molecule has 5 atom stereocenters. The highest BCUT2D eigenvalue weighted by atomic mass is 31.3. The molecule has 0 amide bonds. The van der Waals surface area contributed by atoms with Gasteiger partial charge in [0.2, 0.25) is 0 Å². The van der Waals surface area contributed by atoms with E-state index < -0.39 is 48.5 Å². The predicted octanol–water partition coefficient (Wildman–Crippen LogP) is 0.129. The first-order valence-corrected chi connectivity index (χ1v) is 13.4. The van der Waals surface area contributed by atoms with Crippen molar-refractivity contribution in [2.75, 3.05) is 12.3 Å². The highest BCUT2D eigenvalue weighted by molar-refractivity contribution is 7.66. The van der Waals surface area contributed by atoms with Crippen LogP contribution in [0.15, 0.2) is 19.0 Å². The van der Waals surface area contributed by atoms with Gasteiger partial charge in [-0.3, -0.25) is 9.09 Å². The third kappa shape index (κ3) is 6.51. The first-order valence-electron chi connectivity index (χ1n) is 8.91. The number of imidazole rings is 1. The molecule has 1 fully saturated rings. The lowest BCUT2D eigenvalue weighted by Gasteiger charge is -2.20. The first kappa shape index (κ1) is 26.0. The van der Waals surface area contributed by atoms with Crippen LogP contribution in [0, 0.1) is 0 Å². The number of aromatic nitrogens is 4. The largest absolute Gasteiger partial charge is 0.490 e. The summed E-state index contributed by atoms with van der Waals surface area (Å²) in [6, 6.07) is 0. The summed E-state index contributed by atoms with van der Waals surface area (Å²) in [6.07, 6.45) is -0.250. The van der Waals surface area contributed by atoms with Crippen LogP contribution in [0.5, 0.6) is 0 Å². The molecular weight excluding hydrogens is 511 g/mol. The van der Waals surface area contributed by atoms with E-state index >= 15 is 0 Å². The lowest BCUT2D eigenvalue weighted by atomic mass is 10.2. The number of fused-ring (bicyclic) bond motifs is 1. The van der Waals surface area contributed by atoms with Gasteiger partial charge >= 0.3 is 23.5 Å². The van der Waals surface area contributed by atoms with Crippen molar-refractivity contribution < 1.29 is 56.3 Å². The van der Waals surface area contributed by atoms with Crippen molar-refractivity contribution in [2.45, 2.75) is 31.3 Å². The van der Waals surface area contributed by atoms with Gasteiger partial charge in [-0.2, -0.15) is 8.62 Å². The molecule has 3 heterocycles. The molecule has 184 valence electrons. The van der Waals surface area contributed by atoms with Crippen LogP contribution in [0.3, 0.4) is 0 Å². The first-order chi connectivity index (χ1) is 15.2. The summed E-state index contributed by atoms with van der Waals surface area (Å²) in [7, 11) is -16.5. The molecule has 0 bridgehead atoms. The van der Waals surface area contributed by atoms with Crippen molar-refractivity contribution in [1.29, 1.82) is 0 Å². The molecule has 0 spiro atoms. The van der Waals surface area contributed by atoms with Crippen molar-refractivity contribution in [2.24, 2.45) is 0 Å². The number of nitrogens with zero attached hydrogens (tertiary/aromatic N) is 4. The third-order valence-corrected chi connectivity index (χ3v) is 8.02. The summed E-state index contributed by atoms with van der Waals surface area (Å²) >= 11 is 0. The molecule has 1 aliphatic rings. The number of ether oxygens (including phenoxy) is 1. The summed E-state index contributed by atoms with van der Waals surface area (Å²) in [6.45, 7) is 2.84. The van der Waals surface area contributed by atoms with Crippen molar-refractivity contribution in [1.82, 2.24) is 19.5 Å². The number of phosphoric ester groups is 1. The van der Waals surface area contributed by atoms with E-state index in [0.29, 0.717) is 17.0 Å². The zero-order valence-corrected chi connectivity index (χ0v) is 19.2. The highest BCUT2D eigenvalue weighted by Gasteiger charge is 2.43. The van der Waals surface area contributed by atoms with Gasteiger partial charge in [-0.1, -0.05) is 6.08 Å². The molecule has 17 nitrogen and oxygen atoms in total. The minimum Gasteiger partial charge on any atom is -0.390 e. The van der Waals surface area contributed by atoms with Gasteiger partial charge in [0.25, 0.3) is 0 Å². The van der Waals surface area contributed by atoms with E-state index in [1.165, 1.54) is 6.33 Å². The van der Waals surface area contributed by atoms with Crippen molar-refractivity contribution in [3.63, 3.8) is 0 Å². The van der Waals surface area contributed by atoms with Crippen molar-refractivity contribution in [3.05, 3.63) is 24.8 Å². The second-order valence-corrected chi connectivity index (χ2v) is 11.1. The van der Waals surface area contributed by atoms with E-state index in [4.69, 9.17) is 20.3 Å². The lowest BCUT2D eigenvalue weighted by Crippen LogP contribution is -2.26. The summed E-state index contributed by atoms with van der Waals surface area (Å²) in [5.41, 5.74) is 6.44. The molecule has 0 aromatic carbocycles. The molecule has 0 radical (unpaired) electrons. The van der Waals surface area contributed by atoms with E-state index in [1.807, 2.05) is 0 Å². The van der Waals surface area contributed by atoms with E-state index in [-0.39, 0.29) is 18.7 Å². The summed E-state index contributed by atoms with van der Waals surface area (Å²) in [5, 5.41) is 10.3. The predicted molar refractivity (Wildman–Crippen MR) is 108 cm³/mol. The Morgan fingerprint density at radius 3 is 2.55 bits per heavy atom. The van der Waals surface area contributed by atoms with Gasteiger partial charge in [-0.25, -0.2) is 28.6 Å². The number of hydrogen-bond donors (Lipinski definition) is 6. The van der Waals surface area contributed by atoms with Crippen LogP contribution >= 0.6 is 23.5 Å². The number of allylic oxidation sites excluding steroid dienone is 1. The van der Waals surface area contributed by atoms with Crippen LogP contribution in [-0.2, 0) is 38.0 Å². The molecule has 7 N–H and O–H groups in total. The Balaban J connectivity index is 1.73. The van der Waals surface area contributed by atoms with Gasteiger partial charge in [-0.05, 0) is 0 Å². The van der Waals surface area contributed by atoms with Gasteiger partial charge in [-0.15, -0.1) is 6.58 Å². The van der Waals surface area contributed by atoms with Crippen LogP contribution in [-0.4, -0.2) is 63.0 Å². The normalized spacial score (nSPS) is 25.1. The molecule has 2 unspecified atom stereocenters. The minimum absolute atomic E-state index is 0.0239. The molecule has 2 aromatic heterocycles. The van der Waals surface area contributed by atoms with Crippen LogP contribution < -0.4 is 5.73 Å². The van der Waals surface area contributed by atoms with E-state index in [9.17, 15) is 28.6 Å². The number of nitrogen functional groups attached to an aromatic ring is 1. The molecule has 0 aliphatic carbocycles. The Morgan fingerprint density at radius 1 is 1.21 bits per heavy atom. The van der Waals surface area contributed by atoms with E-state index in [2.05, 4.69) is 34.7 Å². The molecule has 33 heavy (non-hydrogen) atoms. The standard InChI is InChI=1S/C13H20N5O12P3/c1-2-3-9-17-11-12(14)15-6-16-13(11)18(9)10-4-7(19)8(28-10)5-27-32(23,24)30-33(25,26)29-31(20,21)22/h2,6-8,10,19H,1,3-5H2,(H,23,24)(H,25,26)(H2,14,15,16)(H2,20,21,22)/t7-,8+,10+/m0/s1. The van der Waals surface area contributed by atoms with Crippen LogP contribution in [0.1, 0.15) is 18.5 Å². The number of aliphatic hydroxyl groups excluding tert-OH is 1. The van der Waals surface area contributed by atoms with Gasteiger partial charge in [0, 0.05) is 12.8 Å². The third-order valence-electron chi connectivity index (χ3n) is 4.22. The number of rotatable bonds is 10. The van der Waals surface area contributed by atoms with E-state index in [0.717, 1.165) is 0 Å². The number of nitrogens with two attached hydrogens (primary N) is 1. The second-order valence-electron chi connectivity index (χ2n) is 6.64. The number of aliphatic hydroxyl groups is 1. The van der Waals surface area contributed by atoms with Crippen LogP contribution in [0.2, 0.25) is 0 Å². The van der Waals surface area contributed by atoms with Gasteiger partial charge in [0.05, 0.1) is 12.7 Å². The Labute approximate surface area is 185 Å². The maximum Gasteiger partial charge on any atom is 0.490 e. The fourth-order valence-corrected chi connectivity index (χ4v) is 6.07. The molecule has 1 aliphatic heterocycles. The molecular formula is C13H20N5O12P3.